The Morgan fingerprint density at radius 1 is 1.42 bits per heavy atom. The molecule has 0 bridgehead atoms. The molecule has 0 radical (unpaired) electrons. The number of piperidine rings is 1. The van der Waals surface area contributed by atoms with Crippen LogP contribution in [0.3, 0.4) is 0 Å². The first-order valence-corrected chi connectivity index (χ1v) is 10.3. The van der Waals surface area contributed by atoms with Crippen molar-refractivity contribution in [1.29, 1.82) is 0 Å². The van der Waals surface area contributed by atoms with Crippen molar-refractivity contribution < 1.29 is 19.5 Å². The SMILES string of the molecule is C[C@H](C(=O)N1CCCC[C@H]1C(=O)[O-])N1C(=O)/C(=C/c2cccs2)SC1=S. The Bertz CT molecular complexity index is 775. The first-order chi connectivity index (χ1) is 12.4. The highest BCUT2D eigenvalue weighted by Crippen LogP contribution is 2.35. The third-order valence-corrected chi connectivity index (χ3v) is 6.59. The van der Waals surface area contributed by atoms with Gasteiger partial charge in [0.15, 0.2) is 0 Å². The predicted molar refractivity (Wildman–Crippen MR) is 103 cm³/mol. The first kappa shape index (κ1) is 19.1. The van der Waals surface area contributed by atoms with E-state index in [0.717, 1.165) is 29.5 Å². The van der Waals surface area contributed by atoms with E-state index in [1.54, 1.807) is 13.0 Å². The highest BCUT2D eigenvalue weighted by Gasteiger charge is 2.41. The van der Waals surface area contributed by atoms with Crippen LogP contribution in [0.5, 0.6) is 0 Å². The van der Waals surface area contributed by atoms with E-state index in [-0.39, 0.29) is 5.91 Å². The predicted octanol–water partition coefficient (Wildman–Crippen LogP) is 1.47. The summed E-state index contributed by atoms with van der Waals surface area (Å²) in [5.74, 6) is -1.99. The fourth-order valence-electron chi connectivity index (χ4n) is 3.11. The van der Waals surface area contributed by atoms with E-state index in [4.69, 9.17) is 12.2 Å². The molecule has 0 aromatic carbocycles. The lowest BCUT2D eigenvalue weighted by atomic mass is 10.0. The van der Waals surface area contributed by atoms with Crippen LogP contribution in [0.15, 0.2) is 22.4 Å². The van der Waals surface area contributed by atoms with Crippen LogP contribution in [0, 0.1) is 0 Å². The van der Waals surface area contributed by atoms with Crippen LogP contribution in [0.4, 0.5) is 0 Å². The summed E-state index contributed by atoms with van der Waals surface area (Å²) in [7, 11) is 0. The van der Waals surface area contributed by atoms with Crippen molar-refractivity contribution in [3.8, 4) is 0 Å². The zero-order valence-corrected chi connectivity index (χ0v) is 16.5. The number of carbonyl (C=O) groups excluding carboxylic acids is 3. The second-order valence-electron chi connectivity index (χ2n) is 6.11. The smallest absolute Gasteiger partial charge is 0.266 e. The van der Waals surface area contributed by atoms with Crippen molar-refractivity contribution in [1.82, 2.24) is 9.80 Å². The van der Waals surface area contributed by atoms with Gasteiger partial charge in [-0.1, -0.05) is 30.0 Å². The lowest BCUT2D eigenvalue weighted by molar-refractivity contribution is -0.312. The van der Waals surface area contributed by atoms with E-state index < -0.39 is 24.0 Å². The van der Waals surface area contributed by atoms with Gasteiger partial charge in [-0.2, -0.15) is 0 Å². The van der Waals surface area contributed by atoms with Gasteiger partial charge in [0.2, 0.25) is 5.91 Å². The van der Waals surface area contributed by atoms with Gasteiger partial charge in [0.1, 0.15) is 10.4 Å². The molecule has 0 aliphatic carbocycles. The van der Waals surface area contributed by atoms with Crippen LogP contribution in [-0.4, -0.2) is 50.5 Å². The number of nitrogens with zero attached hydrogens (tertiary/aromatic N) is 2. The average Bonchev–Trinajstić information content (AvgIpc) is 3.22. The van der Waals surface area contributed by atoms with Gasteiger partial charge in [-0.05, 0) is 43.7 Å². The van der Waals surface area contributed by atoms with Gasteiger partial charge in [0.05, 0.1) is 16.9 Å². The van der Waals surface area contributed by atoms with Crippen LogP contribution in [0.1, 0.15) is 31.1 Å². The number of carboxylic acids is 1. The number of carboxylic acid groups (broad SMARTS) is 1. The number of thiocarbonyl (C=S) groups is 1. The summed E-state index contributed by atoms with van der Waals surface area (Å²) in [5, 5.41) is 13.3. The molecule has 1 aromatic rings. The molecule has 1 aromatic heterocycles. The van der Waals surface area contributed by atoms with Gasteiger partial charge < -0.3 is 14.8 Å². The number of aliphatic carboxylic acids is 1. The van der Waals surface area contributed by atoms with Gasteiger partial charge in [-0.15, -0.1) is 11.3 Å². The summed E-state index contributed by atoms with van der Waals surface area (Å²) in [6.45, 7) is 1.93. The van der Waals surface area contributed by atoms with Crippen LogP contribution in [0.2, 0.25) is 0 Å². The molecule has 138 valence electrons. The molecule has 3 rings (SSSR count). The zero-order valence-electron chi connectivity index (χ0n) is 14.0. The Labute approximate surface area is 164 Å². The number of hydrogen-bond donors (Lipinski definition) is 0. The van der Waals surface area contributed by atoms with Crippen molar-refractivity contribution >= 4 is 63.5 Å². The number of likely N-dealkylation sites (tertiary alicyclic amines) is 1. The summed E-state index contributed by atoms with van der Waals surface area (Å²) in [4.78, 5) is 40.9. The Kier molecular flexibility index (Phi) is 5.79. The Morgan fingerprint density at radius 2 is 2.19 bits per heavy atom. The molecule has 0 saturated carbocycles. The third kappa shape index (κ3) is 3.70. The van der Waals surface area contributed by atoms with Crippen molar-refractivity contribution in [3.63, 3.8) is 0 Å². The number of carbonyl (C=O) groups is 3. The van der Waals surface area contributed by atoms with Gasteiger partial charge in [0, 0.05) is 11.4 Å². The van der Waals surface area contributed by atoms with Crippen molar-refractivity contribution in [2.45, 2.75) is 38.3 Å². The van der Waals surface area contributed by atoms with Crippen molar-refractivity contribution in [3.05, 3.63) is 27.3 Å². The number of thioether (sulfide) groups is 1. The van der Waals surface area contributed by atoms with Crippen molar-refractivity contribution in [2.75, 3.05) is 6.54 Å². The maximum Gasteiger partial charge on any atom is 0.266 e. The minimum absolute atomic E-state index is 0.306. The summed E-state index contributed by atoms with van der Waals surface area (Å²) in [5.41, 5.74) is 0. The van der Waals surface area contributed by atoms with Crippen LogP contribution in [-0.2, 0) is 14.4 Å². The number of amides is 2. The molecule has 3 heterocycles. The summed E-state index contributed by atoms with van der Waals surface area (Å²) < 4.78 is 0.306. The van der Waals surface area contributed by atoms with Gasteiger partial charge in [-0.25, -0.2) is 0 Å². The van der Waals surface area contributed by atoms with Crippen LogP contribution in [0.25, 0.3) is 6.08 Å². The van der Waals surface area contributed by atoms with Gasteiger partial charge in [-0.3, -0.25) is 14.5 Å². The number of hydrogen-bond acceptors (Lipinski definition) is 7. The maximum absolute atomic E-state index is 12.9. The number of thiophene rings is 1. The van der Waals surface area contributed by atoms with E-state index in [2.05, 4.69) is 0 Å². The monoisotopic (exact) mass is 409 g/mol. The molecule has 6 nitrogen and oxygen atoms in total. The lowest BCUT2D eigenvalue weighted by Gasteiger charge is -2.39. The molecular formula is C17H17N2O4S3-. The Balaban J connectivity index is 1.79. The minimum Gasteiger partial charge on any atom is -0.548 e. The zero-order chi connectivity index (χ0) is 18.8. The molecule has 2 aliphatic rings. The average molecular weight is 410 g/mol. The molecule has 0 spiro atoms. The normalized spacial score (nSPS) is 23.6. The highest BCUT2D eigenvalue weighted by molar-refractivity contribution is 8.26. The summed E-state index contributed by atoms with van der Waals surface area (Å²) >= 11 is 7.96. The molecule has 2 aliphatic heterocycles. The Hall–Kier alpha value is -1.71. The Morgan fingerprint density at radius 3 is 2.85 bits per heavy atom. The maximum atomic E-state index is 12.9. The van der Waals surface area contributed by atoms with E-state index in [1.807, 2.05) is 17.5 Å². The van der Waals surface area contributed by atoms with E-state index in [0.29, 0.717) is 22.2 Å². The van der Waals surface area contributed by atoms with Crippen LogP contribution >= 0.6 is 35.3 Å². The largest absolute Gasteiger partial charge is 0.548 e. The first-order valence-electron chi connectivity index (χ1n) is 8.22. The quantitative estimate of drug-likeness (QED) is 0.553. The standard InChI is InChI=1S/C17H18N2O4S3/c1-10(14(20)18-7-3-2-6-12(18)16(22)23)19-15(21)13(26-17(19)24)9-11-5-4-8-25-11/h4-5,8-10,12H,2-3,6-7H2,1H3,(H,22,23)/p-1/b13-9-/t10-,12+/m1/s1. The molecular weight excluding hydrogens is 392 g/mol. The fraction of sp³-hybridized carbons (Fsp3) is 0.412. The van der Waals surface area contributed by atoms with Crippen LogP contribution < -0.4 is 5.11 Å². The van der Waals surface area contributed by atoms with Crippen molar-refractivity contribution in [2.24, 2.45) is 0 Å². The molecule has 9 heteroatoms. The lowest BCUT2D eigenvalue weighted by Crippen LogP contribution is -2.57. The molecule has 0 N–H and O–H groups in total. The molecule has 2 atom stereocenters. The molecule has 0 unspecified atom stereocenters. The third-order valence-electron chi connectivity index (χ3n) is 4.44. The highest BCUT2D eigenvalue weighted by atomic mass is 32.2. The topological polar surface area (TPSA) is 80.8 Å². The van der Waals surface area contributed by atoms with Gasteiger partial charge in [0.25, 0.3) is 5.91 Å². The van der Waals surface area contributed by atoms with E-state index >= 15 is 0 Å². The second-order valence-corrected chi connectivity index (χ2v) is 8.76. The van der Waals surface area contributed by atoms with E-state index in [9.17, 15) is 19.5 Å². The van der Waals surface area contributed by atoms with E-state index in [1.165, 1.54) is 21.1 Å². The van der Waals surface area contributed by atoms with Gasteiger partial charge >= 0.3 is 0 Å². The number of rotatable bonds is 4. The second kappa shape index (κ2) is 7.89. The molecule has 2 saturated heterocycles. The fourth-order valence-corrected chi connectivity index (χ4v) is 5.25. The molecule has 2 amide bonds. The summed E-state index contributed by atoms with van der Waals surface area (Å²) in [6.07, 6.45) is 3.60. The summed E-state index contributed by atoms with van der Waals surface area (Å²) in [6, 6.07) is 1.99. The molecule has 26 heavy (non-hydrogen) atoms. The minimum atomic E-state index is -1.26. The molecule has 2 fully saturated rings.